The Bertz CT molecular complexity index is 785. The van der Waals surface area contributed by atoms with Crippen LogP contribution in [0.4, 0.5) is 5.82 Å². The van der Waals surface area contributed by atoms with Gasteiger partial charge in [-0.05, 0) is 24.4 Å². The zero-order valence-electron chi connectivity index (χ0n) is 12.2. The van der Waals surface area contributed by atoms with E-state index in [4.69, 9.17) is 0 Å². The SMILES string of the molecule is Cc1cc(NC(=O)CCn2ccc3ccccc32)n(C)n1. The van der Waals surface area contributed by atoms with Crippen LogP contribution in [0.3, 0.4) is 0 Å². The molecule has 0 fully saturated rings. The third-order valence-corrected chi connectivity index (χ3v) is 3.53. The minimum Gasteiger partial charge on any atom is -0.347 e. The molecular formula is C16H18N4O. The predicted molar refractivity (Wildman–Crippen MR) is 83.1 cm³/mol. The van der Waals surface area contributed by atoms with Gasteiger partial charge in [-0.25, -0.2) is 0 Å². The van der Waals surface area contributed by atoms with Gasteiger partial charge in [0.2, 0.25) is 5.91 Å². The molecule has 0 atom stereocenters. The lowest BCUT2D eigenvalue weighted by Crippen LogP contribution is -2.16. The van der Waals surface area contributed by atoms with E-state index in [9.17, 15) is 4.79 Å². The van der Waals surface area contributed by atoms with E-state index < -0.39 is 0 Å². The van der Waals surface area contributed by atoms with Gasteiger partial charge in [-0.3, -0.25) is 9.48 Å². The first-order chi connectivity index (χ1) is 10.1. The van der Waals surface area contributed by atoms with E-state index in [1.807, 2.05) is 38.4 Å². The molecule has 0 aliphatic heterocycles. The number of nitrogens with one attached hydrogen (secondary N) is 1. The second kappa shape index (κ2) is 5.44. The largest absolute Gasteiger partial charge is 0.347 e. The van der Waals surface area contributed by atoms with Crippen molar-refractivity contribution >= 4 is 22.6 Å². The lowest BCUT2D eigenvalue weighted by Gasteiger charge is -2.07. The molecule has 0 saturated heterocycles. The Hall–Kier alpha value is -2.56. The van der Waals surface area contributed by atoms with E-state index in [0.717, 1.165) is 17.0 Å². The van der Waals surface area contributed by atoms with Gasteiger partial charge in [-0.15, -0.1) is 0 Å². The molecule has 5 nitrogen and oxygen atoms in total. The summed E-state index contributed by atoms with van der Waals surface area (Å²) in [6.07, 6.45) is 2.45. The van der Waals surface area contributed by atoms with Crippen LogP contribution in [0, 0.1) is 6.92 Å². The Morgan fingerprint density at radius 3 is 2.86 bits per heavy atom. The normalized spacial score (nSPS) is 11.0. The fourth-order valence-electron chi connectivity index (χ4n) is 2.49. The number of para-hydroxylation sites is 1. The number of carbonyl (C=O) groups excluding carboxylic acids is 1. The van der Waals surface area contributed by atoms with Gasteiger partial charge in [0, 0.05) is 37.8 Å². The number of aromatic nitrogens is 3. The lowest BCUT2D eigenvalue weighted by atomic mass is 10.2. The number of nitrogens with zero attached hydrogens (tertiary/aromatic N) is 3. The summed E-state index contributed by atoms with van der Waals surface area (Å²) in [4.78, 5) is 12.0. The molecular weight excluding hydrogens is 264 g/mol. The molecule has 0 aliphatic rings. The zero-order chi connectivity index (χ0) is 14.8. The van der Waals surface area contributed by atoms with Crippen LogP contribution < -0.4 is 5.32 Å². The number of fused-ring (bicyclic) bond motifs is 1. The average molecular weight is 282 g/mol. The Balaban J connectivity index is 1.65. The number of anilines is 1. The van der Waals surface area contributed by atoms with Gasteiger partial charge in [0.15, 0.2) is 0 Å². The second-order valence-electron chi connectivity index (χ2n) is 5.16. The highest BCUT2D eigenvalue weighted by molar-refractivity contribution is 5.90. The Morgan fingerprint density at radius 1 is 1.29 bits per heavy atom. The van der Waals surface area contributed by atoms with Gasteiger partial charge in [0.1, 0.15) is 5.82 Å². The maximum atomic E-state index is 12.0. The number of rotatable bonds is 4. The number of benzene rings is 1. The fraction of sp³-hybridized carbons (Fsp3) is 0.250. The van der Waals surface area contributed by atoms with Crippen molar-refractivity contribution in [1.29, 1.82) is 0 Å². The van der Waals surface area contributed by atoms with Crippen LogP contribution in [0.5, 0.6) is 0 Å². The molecule has 1 amide bonds. The van der Waals surface area contributed by atoms with Crippen molar-refractivity contribution in [2.45, 2.75) is 19.9 Å². The third-order valence-electron chi connectivity index (χ3n) is 3.53. The van der Waals surface area contributed by atoms with Crippen molar-refractivity contribution in [2.24, 2.45) is 7.05 Å². The zero-order valence-corrected chi connectivity index (χ0v) is 12.2. The second-order valence-corrected chi connectivity index (χ2v) is 5.16. The molecule has 0 saturated carbocycles. The van der Waals surface area contributed by atoms with Crippen molar-refractivity contribution in [3.05, 3.63) is 48.3 Å². The van der Waals surface area contributed by atoms with Crippen LogP contribution in [-0.2, 0) is 18.4 Å². The number of hydrogen-bond acceptors (Lipinski definition) is 2. The van der Waals surface area contributed by atoms with Crippen molar-refractivity contribution < 1.29 is 4.79 Å². The van der Waals surface area contributed by atoms with Crippen LogP contribution in [0.25, 0.3) is 10.9 Å². The number of aryl methyl sites for hydroxylation is 3. The van der Waals surface area contributed by atoms with Gasteiger partial charge in [-0.1, -0.05) is 18.2 Å². The molecule has 2 aromatic heterocycles. The molecule has 0 radical (unpaired) electrons. The Kier molecular flexibility index (Phi) is 3.48. The molecule has 2 heterocycles. The maximum absolute atomic E-state index is 12.0. The summed E-state index contributed by atoms with van der Waals surface area (Å²) in [6.45, 7) is 2.57. The molecule has 1 N–H and O–H groups in total. The molecule has 108 valence electrons. The van der Waals surface area contributed by atoms with E-state index in [1.54, 1.807) is 4.68 Å². The molecule has 5 heteroatoms. The molecule has 0 aliphatic carbocycles. The van der Waals surface area contributed by atoms with Gasteiger partial charge in [0.25, 0.3) is 0 Å². The summed E-state index contributed by atoms with van der Waals surface area (Å²) >= 11 is 0. The van der Waals surface area contributed by atoms with E-state index >= 15 is 0 Å². The average Bonchev–Trinajstić information content (AvgIpc) is 3.00. The van der Waals surface area contributed by atoms with Crippen LogP contribution >= 0.6 is 0 Å². The summed E-state index contributed by atoms with van der Waals surface area (Å²) in [5, 5.41) is 8.30. The standard InChI is InChI=1S/C16H18N4O/c1-12-11-15(19(2)18-12)17-16(21)8-10-20-9-7-13-5-3-4-6-14(13)20/h3-7,9,11H,8,10H2,1-2H3,(H,17,21). The molecule has 21 heavy (non-hydrogen) atoms. The molecule has 3 rings (SSSR count). The monoisotopic (exact) mass is 282 g/mol. The molecule has 1 aromatic carbocycles. The molecule has 0 unspecified atom stereocenters. The topological polar surface area (TPSA) is 51.9 Å². The van der Waals surface area contributed by atoms with Gasteiger partial charge in [-0.2, -0.15) is 5.10 Å². The Morgan fingerprint density at radius 2 is 2.10 bits per heavy atom. The smallest absolute Gasteiger partial charge is 0.227 e. The molecule has 3 aromatic rings. The first kappa shape index (κ1) is 13.4. The summed E-state index contributed by atoms with van der Waals surface area (Å²) in [5.74, 6) is 0.727. The van der Waals surface area contributed by atoms with Gasteiger partial charge in [0.05, 0.1) is 5.69 Å². The Labute approximate surface area is 123 Å². The number of carbonyl (C=O) groups is 1. The fourth-order valence-corrected chi connectivity index (χ4v) is 2.49. The lowest BCUT2D eigenvalue weighted by molar-refractivity contribution is -0.116. The van der Waals surface area contributed by atoms with Crippen molar-refractivity contribution in [3.63, 3.8) is 0 Å². The first-order valence-electron chi connectivity index (χ1n) is 6.98. The van der Waals surface area contributed by atoms with Crippen LogP contribution in [0.15, 0.2) is 42.6 Å². The highest BCUT2D eigenvalue weighted by Crippen LogP contribution is 2.15. The minimum atomic E-state index is -0.00391. The van der Waals surface area contributed by atoms with Gasteiger partial charge < -0.3 is 9.88 Å². The summed E-state index contributed by atoms with van der Waals surface area (Å²) < 4.78 is 3.78. The number of hydrogen-bond donors (Lipinski definition) is 1. The van der Waals surface area contributed by atoms with E-state index in [2.05, 4.69) is 33.2 Å². The first-order valence-corrected chi connectivity index (χ1v) is 6.98. The highest BCUT2D eigenvalue weighted by Gasteiger charge is 2.08. The third kappa shape index (κ3) is 2.81. The van der Waals surface area contributed by atoms with E-state index in [0.29, 0.717) is 13.0 Å². The summed E-state index contributed by atoms with van der Waals surface area (Å²) in [5.41, 5.74) is 2.05. The highest BCUT2D eigenvalue weighted by atomic mass is 16.1. The number of amides is 1. The van der Waals surface area contributed by atoms with Crippen molar-refractivity contribution in [1.82, 2.24) is 14.3 Å². The molecule has 0 bridgehead atoms. The van der Waals surface area contributed by atoms with Crippen molar-refractivity contribution in [3.8, 4) is 0 Å². The van der Waals surface area contributed by atoms with Crippen LogP contribution in [0.1, 0.15) is 12.1 Å². The molecule has 0 spiro atoms. The van der Waals surface area contributed by atoms with E-state index in [1.165, 1.54) is 5.39 Å². The summed E-state index contributed by atoms with van der Waals surface area (Å²) in [7, 11) is 1.82. The predicted octanol–water partition coefficient (Wildman–Crippen LogP) is 2.71. The van der Waals surface area contributed by atoms with E-state index in [-0.39, 0.29) is 5.91 Å². The maximum Gasteiger partial charge on any atom is 0.227 e. The van der Waals surface area contributed by atoms with Crippen LogP contribution in [0.2, 0.25) is 0 Å². The van der Waals surface area contributed by atoms with Crippen molar-refractivity contribution in [2.75, 3.05) is 5.32 Å². The van der Waals surface area contributed by atoms with Crippen LogP contribution in [-0.4, -0.2) is 20.3 Å². The minimum absolute atomic E-state index is 0.00391. The summed E-state index contributed by atoms with van der Waals surface area (Å²) in [6, 6.07) is 12.1. The van der Waals surface area contributed by atoms with Gasteiger partial charge >= 0.3 is 0 Å². The quantitative estimate of drug-likeness (QED) is 0.800.